The van der Waals surface area contributed by atoms with Crippen molar-refractivity contribution in [2.24, 2.45) is 0 Å². The fourth-order valence-corrected chi connectivity index (χ4v) is 3.22. The van der Waals surface area contributed by atoms with E-state index in [1.54, 1.807) is 5.32 Å². The molecule has 3 aromatic carbocycles. The fraction of sp³-hybridized carbons (Fsp3) is 0.0526. The van der Waals surface area contributed by atoms with E-state index >= 15 is 0 Å². The van der Waals surface area contributed by atoms with Gasteiger partial charge in [-0.3, -0.25) is 14.1 Å². The maximum Gasteiger partial charge on any atom is 0.471 e. The van der Waals surface area contributed by atoms with Crippen LogP contribution in [0.4, 0.5) is 24.5 Å². The number of carbonyl (C=O) groups excluding carboxylic acids is 2. The van der Waals surface area contributed by atoms with Gasteiger partial charge in [-0.25, -0.2) is 0 Å². The van der Waals surface area contributed by atoms with Crippen LogP contribution in [0.15, 0.2) is 59.5 Å². The average molecular weight is 454 g/mol. The highest BCUT2D eigenvalue weighted by Crippen LogP contribution is 2.34. The number of alkyl halides is 3. The Morgan fingerprint density at radius 3 is 2.10 bits per heavy atom. The minimum Gasteiger partial charge on any atom is -0.506 e. The first-order chi connectivity index (χ1) is 14.4. The summed E-state index contributed by atoms with van der Waals surface area (Å²) in [4.78, 5) is 23.3. The highest BCUT2D eigenvalue weighted by Gasteiger charge is 2.38. The van der Waals surface area contributed by atoms with Gasteiger partial charge in [-0.1, -0.05) is 18.2 Å². The molecular weight excluding hydrogens is 441 g/mol. The van der Waals surface area contributed by atoms with E-state index in [1.165, 1.54) is 36.4 Å². The number of amides is 2. The van der Waals surface area contributed by atoms with Crippen molar-refractivity contribution >= 4 is 44.1 Å². The Bertz CT molecular complexity index is 1290. The van der Waals surface area contributed by atoms with Crippen LogP contribution in [0.5, 0.6) is 5.75 Å². The van der Waals surface area contributed by atoms with Gasteiger partial charge >= 0.3 is 12.1 Å². The molecule has 0 unspecified atom stereocenters. The van der Waals surface area contributed by atoms with E-state index in [0.717, 1.165) is 18.2 Å². The minimum absolute atomic E-state index is 0.0225. The van der Waals surface area contributed by atoms with E-state index in [2.05, 4.69) is 5.32 Å². The van der Waals surface area contributed by atoms with Crippen LogP contribution in [0.3, 0.4) is 0 Å². The molecule has 12 heteroatoms. The molecule has 3 rings (SSSR count). The maximum absolute atomic E-state index is 12.5. The van der Waals surface area contributed by atoms with Crippen LogP contribution in [-0.2, 0) is 14.9 Å². The number of carbonyl (C=O) groups is 2. The quantitative estimate of drug-likeness (QED) is 0.446. The van der Waals surface area contributed by atoms with Gasteiger partial charge < -0.3 is 15.7 Å². The molecule has 0 heterocycles. The van der Waals surface area contributed by atoms with Crippen LogP contribution in [0.25, 0.3) is 10.8 Å². The van der Waals surface area contributed by atoms with Gasteiger partial charge in [0.2, 0.25) is 0 Å². The Hall–Kier alpha value is -3.64. The molecule has 0 fully saturated rings. The Labute approximate surface area is 173 Å². The van der Waals surface area contributed by atoms with E-state index in [9.17, 15) is 36.3 Å². The number of fused-ring (bicyclic) bond motifs is 1. The van der Waals surface area contributed by atoms with Crippen molar-refractivity contribution in [3.05, 3.63) is 60.2 Å². The Balaban J connectivity index is 1.90. The van der Waals surface area contributed by atoms with Gasteiger partial charge in [0.05, 0.1) is 10.5 Å². The van der Waals surface area contributed by atoms with Gasteiger partial charge in [-0.05, 0) is 36.4 Å². The van der Waals surface area contributed by atoms with Crippen LogP contribution in [0.1, 0.15) is 10.4 Å². The smallest absolute Gasteiger partial charge is 0.471 e. The molecule has 0 atom stereocenters. The van der Waals surface area contributed by atoms with Crippen molar-refractivity contribution in [1.82, 2.24) is 0 Å². The Morgan fingerprint density at radius 2 is 1.52 bits per heavy atom. The molecule has 0 saturated heterocycles. The van der Waals surface area contributed by atoms with Crippen molar-refractivity contribution in [2.75, 3.05) is 10.6 Å². The summed E-state index contributed by atoms with van der Waals surface area (Å²) in [5.74, 6) is -3.51. The summed E-state index contributed by atoms with van der Waals surface area (Å²) in [7, 11) is -4.41. The van der Waals surface area contributed by atoms with E-state index < -0.39 is 33.9 Å². The molecule has 0 radical (unpaired) electrons. The lowest BCUT2D eigenvalue weighted by molar-refractivity contribution is -0.167. The highest BCUT2D eigenvalue weighted by molar-refractivity contribution is 7.85. The van der Waals surface area contributed by atoms with Crippen molar-refractivity contribution < 1.29 is 40.8 Å². The van der Waals surface area contributed by atoms with Gasteiger partial charge in [0.15, 0.2) is 0 Å². The first-order valence-electron chi connectivity index (χ1n) is 8.39. The van der Waals surface area contributed by atoms with Gasteiger partial charge in [0.25, 0.3) is 16.0 Å². The first-order valence-corrected chi connectivity index (χ1v) is 9.83. The molecule has 0 aliphatic rings. The summed E-state index contributed by atoms with van der Waals surface area (Å²) in [6.07, 6.45) is -5.10. The van der Waals surface area contributed by atoms with Gasteiger partial charge in [-0.15, -0.1) is 0 Å². The molecule has 0 spiro atoms. The monoisotopic (exact) mass is 454 g/mol. The Morgan fingerprint density at radius 1 is 0.871 bits per heavy atom. The van der Waals surface area contributed by atoms with Crippen LogP contribution >= 0.6 is 0 Å². The molecule has 162 valence electrons. The van der Waals surface area contributed by atoms with Gasteiger partial charge in [-0.2, -0.15) is 21.6 Å². The predicted octanol–water partition coefficient (Wildman–Crippen LogP) is 3.55. The number of anilines is 2. The number of hydrogen-bond donors (Lipinski definition) is 4. The zero-order chi connectivity index (χ0) is 23.0. The summed E-state index contributed by atoms with van der Waals surface area (Å²) < 4.78 is 68.6. The normalized spacial score (nSPS) is 11.9. The molecule has 2 amide bonds. The molecule has 0 aliphatic carbocycles. The van der Waals surface area contributed by atoms with E-state index in [-0.39, 0.29) is 32.6 Å². The summed E-state index contributed by atoms with van der Waals surface area (Å²) in [6, 6.07) is 10.8. The van der Waals surface area contributed by atoms with Crippen LogP contribution in [0.2, 0.25) is 0 Å². The summed E-state index contributed by atoms with van der Waals surface area (Å²) >= 11 is 0. The van der Waals surface area contributed by atoms with Crippen LogP contribution in [0, 0.1) is 0 Å². The lowest BCUT2D eigenvalue weighted by Crippen LogP contribution is -2.29. The molecule has 0 bridgehead atoms. The summed E-state index contributed by atoms with van der Waals surface area (Å²) in [5.41, 5.74) is -0.267. The van der Waals surface area contributed by atoms with Crippen LogP contribution in [-0.4, -0.2) is 36.1 Å². The molecule has 3 aromatic rings. The SMILES string of the molecule is O=C(Nc1ccc(S(=O)(=O)O)cc1)c1ccc2c(NC(=O)C(F)(F)F)cccc2c1O. The molecule has 0 saturated carbocycles. The third-order valence-corrected chi connectivity index (χ3v) is 5.06. The lowest BCUT2D eigenvalue weighted by Gasteiger charge is -2.13. The molecule has 8 nitrogen and oxygen atoms in total. The third kappa shape index (κ3) is 4.75. The lowest BCUT2D eigenvalue weighted by atomic mass is 10.0. The second-order valence-corrected chi connectivity index (χ2v) is 7.69. The number of nitrogens with one attached hydrogen (secondary N) is 2. The van der Waals surface area contributed by atoms with Gasteiger partial charge in [0, 0.05) is 22.1 Å². The zero-order valence-corrected chi connectivity index (χ0v) is 16.1. The number of halogens is 3. The second kappa shape index (κ2) is 7.89. The number of aromatic hydroxyl groups is 1. The van der Waals surface area contributed by atoms with E-state index in [1.807, 2.05) is 0 Å². The van der Waals surface area contributed by atoms with Crippen molar-refractivity contribution in [2.45, 2.75) is 11.1 Å². The van der Waals surface area contributed by atoms with E-state index in [4.69, 9.17) is 4.55 Å². The fourth-order valence-electron chi connectivity index (χ4n) is 2.74. The standard InChI is InChI=1S/C19H13F3N2O6S/c20-19(21,22)18(27)24-15-3-1-2-13-12(15)8-9-14(16(13)25)17(26)23-10-4-6-11(7-5-10)31(28,29)30/h1-9,25H,(H,23,26)(H,24,27)(H,28,29,30). The third-order valence-electron chi connectivity index (χ3n) is 4.19. The first kappa shape index (κ1) is 22.1. The Kier molecular flexibility index (Phi) is 5.61. The molecule has 0 aromatic heterocycles. The summed E-state index contributed by atoms with van der Waals surface area (Å²) in [5, 5.41) is 14.7. The zero-order valence-electron chi connectivity index (χ0n) is 15.3. The number of rotatable bonds is 4. The maximum atomic E-state index is 12.5. The number of benzene rings is 3. The minimum atomic E-state index is -5.10. The number of phenols is 1. The summed E-state index contributed by atoms with van der Waals surface area (Å²) in [6.45, 7) is 0. The predicted molar refractivity (Wildman–Crippen MR) is 105 cm³/mol. The van der Waals surface area contributed by atoms with Gasteiger partial charge in [0.1, 0.15) is 5.75 Å². The molecular formula is C19H13F3N2O6S. The molecule has 31 heavy (non-hydrogen) atoms. The number of hydrogen-bond acceptors (Lipinski definition) is 5. The average Bonchev–Trinajstić information content (AvgIpc) is 2.67. The van der Waals surface area contributed by atoms with Crippen molar-refractivity contribution in [1.29, 1.82) is 0 Å². The van der Waals surface area contributed by atoms with Crippen LogP contribution < -0.4 is 10.6 Å². The molecule has 0 aliphatic heterocycles. The molecule has 4 N–H and O–H groups in total. The number of phenolic OH excluding ortho intramolecular Hbond substituents is 1. The van der Waals surface area contributed by atoms with Crippen molar-refractivity contribution in [3.63, 3.8) is 0 Å². The highest BCUT2D eigenvalue weighted by atomic mass is 32.2. The van der Waals surface area contributed by atoms with Crippen molar-refractivity contribution in [3.8, 4) is 5.75 Å². The topological polar surface area (TPSA) is 133 Å². The second-order valence-electron chi connectivity index (χ2n) is 6.27. The van der Waals surface area contributed by atoms with E-state index in [0.29, 0.717) is 0 Å². The largest absolute Gasteiger partial charge is 0.506 e.